The number of piperazine rings is 1. The maximum Gasteiger partial charge on any atom is 0.573 e. The first-order valence-corrected chi connectivity index (χ1v) is 9.31. The fourth-order valence-electron chi connectivity index (χ4n) is 3.27. The van der Waals surface area contributed by atoms with Gasteiger partial charge in [0.2, 0.25) is 0 Å². The van der Waals surface area contributed by atoms with E-state index in [9.17, 15) is 23.5 Å². The maximum atomic E-state index is 12.4. The number of phenols is 1. The molecule has 0 spiro atoms. The first-order chi connectivity index (χ1) is 13.3. The second-order valence-electron chi connectivity index (χ2n) is 6.31. The minimum atomic E-state index is -4.76. The Morgan fingerprint density at radius 3 is 2.27 bits per heavy atom. The van der Waals surface area contributed by atoms with Gasteiger partial charge >= 0.3 is 6.36 Å². The molecule has 164 valence electrons. The Balaban J connectivity index is 0.00000225. The molecule has 0 saturated carbocycles. The summed E-state index contributed by atoms with van der Waals surface area (Å²) in [5.41, 5.74) is 1.57. The molecule has 1 fully saturated rings. The monoisotopic (exact) mass is 527 g/mol. The normalized spacial score (nSPS) is 15.3. The van der Waals surface area contributed by atoms with Gasteiger partial charge in [0.15, 0.2) is 0 Å². The zero-order valence-corrected chi connectivity index (χ0v) is 18.7. The lowest BCUT2D eigenvalue weighted by molar-refractivity contribution is -0.274. The highest BCUT2D eigenvalue weighted by Crippen LogP contribution is 2.40. The molecule has 2 N–H and O–H groups in total. The molecule has 0 unspecified atom stereocenters. The lowest BCUT2D eigenvalue weighted by Crippen LogP contribution is -2.45. The van der Waals surface area contributed by atoms with Gasteiger partial charge in [-0.15, -0.1) is 38.0 Å². The van der Waals surface area contributed by atoms with Gasteiger partial charge in [0.25, 0.3) is 0 Å². The molecule has 1 aliphatic heterocycles. The second-order valence-corrected chi connectivity index (χ2v) is 7.17. The number of phenolic OH excluding ortho intramolecular Hbond substituents is 1. The van der Waals surface area contributed by atoms with Gasteiger partial charge in [-0.05, 0) is 45.8 Å². The summed E-state index contributed by atoms with van der Waals surface area (Å²) >= 11 is 3.27. The molecule has 0 bridgehead atoms. The number of rotatable bonds is 4. The molecule has 1 saturated heterocycles. The SMILES string of the molecule is Cl.Cl.N#Cc1cc(Br)c(O)c([C@@H](c2ccc(OC(F)(F)F)cc2)N2CCNCC2)c1. The minimum absolute atomic E-state index is 0. The van der Waals surface area contributed by atoms with Crippen molar-refractivity contribution in [2.75, 3.05) is 26.2 Å². The quantitative estimate of drug-likeness (QED) is 0.598. The zero-order chi connectivity index (χ0) is 20.3. The van der Waals surface area contributed by atoms with Crippen molar-refractivity contribution in [2.45, 2.75) is 12.4 Å². The largest absolute Gasteiger partial charge is 0.573 e. The van der Waals surface area contributed by atoms with Crippen molar-refractivity contribution >= 4 is 40.7 Å². The Morgan fingerprint density at radius 1 is 1.13 bits per heavy atom. The van der Waals surface area contributed by atoms with Crippen molar-refractivity contribution in [3.05, 3.63) is 57.6 Å². The molecule has 2 aromatic rings. The van der Waals surface area contributed by atoms with Gasteiger partial charge < -0.3 is 15.2 Å². The molecule has 1 heterocycles. The molecule has 0 amide bonds. The molecule has 0 radical (unpaired) electrons. The van der Waals surface area contributed by atoms with E-state index in [2.05, 4.69) is 37.0 Å². The van der Waals surface area contributed by atoms with Crippen LogP contribution in [0.25, 0.3) is 0 Å². The fourth-order valence-corrected chi connectivity index (χ4v) is 3.75. The number of nitrogens with one attached hydrogen (secondary N) is 1. The van der Waals surface area contributed by atoms with Crippen molar-refractivity contribution in [1.29, 1.82) is 5.26 Å². The van der Waals surface area contributed by atoms with Crippen molar-refractivity contribution in [3.63, 3.8) is 0 Å². The minimum Gasteiger partial charge on any atom is -0.506 e. The Bertz CT molecular complexity index is 886. The van der Waals surface area contributed by atoms with Gasteiger partial charge in [0.1, 0.15) is 11.5 Å². The number of aromatic hydroxyl groups is 1. The summed E-state index contributed by atoms with van der Waals surface area (Å²) in [4.78, 5) is 2.11. The number of ether oxygens (including phenoxy) is 1. The highest BCUT2D eigenvalue weighted by molar-refractivity contribution is 9.10. The number of nitrogens with zero attached hydrogens (tertiary/aromatic N) is 2. The van der Waals surface area contributed by atoms with E-state index in [0.29, 0.717) is 34.3 Å². The van der Waals surface area contributed by atoms with E-state index >= 15 is 0 Å². The van der Waals surface area contributed by atoms with Gasteiger partial charge in [-0.3, -0.25) is 4.90 Å². The number of halogens is 6. The predicted molar refractivity (Wildman–Crippen MR) is 114 cm³/mol. The molecule has 1 aliphatic rings. The molecule has 11 heteroatoms. The van der Waals surface area contributed by atoms with Crippen molar-refractivity contribution in [1.82, 2.24) is 10.2 Å². The van der Waals surface area contributed by atoms with Crippen LogP contribution >= 0.6 is 40.7 Å². The van der Waals surface area contributed by atoms with E-state index in [4.69, 9.17) is 0 Å². The summed E-state index contributed by atoms with van der Waals surface area (Å²) in [5, 5.41) is 23.1. The Labute approximate surface area is 192 Å². The van der Waals surface area contributed by atoms with Crippen LogP contribution in [0, 0.1) is 11.3 Å². The average Bonchev–Trinajstić information content (AvgIpc) is 2.66. The molecule has 0 aliphatic carbocycles. The van der Waals surface area contributed by atoms with Gasteiger partial charge in [0.05, 0.1) is 22.1 Å². The van der Waals surface area contributed by atoms with Crippen LogP contribution in [-0.2, 0) is 0 Å². The highest BCUT2D eigenvalue weighted by Gasteiger charge is 2.32. The van der Waals surface area contributed by atoms with E-state index in [0.717, 1.165) is 13.1 Å². The molecule has 0 aromatic heterocycles. The maximum absolute atomic E-state index is 12.4. The first kappa shape index (κ1) is 26.3. The smallest absolute Gasteiger partial charge is 0.506 e. The molecular formula is C19H19BrCl2F3N3O2. The zero-order valence-electron chi connectivity index (χ0n) is 15.4. The van der Waals surface area contributed by atoms with E-state index in [1.807, 2.05) is 0 Å². The van der Waals surface area contributed by atoms with Crippen molar-refractivity contribution in [3.8, 4) is 17.6 Å². The van der Waals surface area contributed by atoms with E-state index < -0.39 is 12.4 Å². The number of nitriles is 1. The summed E-state index contributed by atoms with van der Waals surface area (Å²) < 4.78 is 41.6. The third-order valence-corrected chi connectivity index (χ3v) is 5.07. The van der Waals surface area contributed by atoms with Gasteiger partial charge in [-0.1, -0.05) is 12.1 Å². The van der Waals surface area contributed by atoms with Crippen molar-refractivity contribution < 1.29 is 23.0 Å². The number of hydrogen-bond acceptors (Lipinski definition) is 5. The summed E-state index contributed by atoms with van der Waals surface area (Å²) in [6.45, 7) is 2.84. The molecular weight excluding hydrogens is 510 g/mol. The van der Waals surface area contributed by atoms with Crippen LogP contribution in [0.3, 0.4) is 0 Å². The molecule has 2 aromatic carbocycles. The fraction of sp³-hybridized carbons (Fsp3) is 0.316. The second kappa shape index (κ2) is 11.1. The Kier molecular flexibility index (Phi) is 9.72. The van der Waals surface area contributed by atoms with Crippen LogP contribution in [-0.4, -0.2) is 42.5 Å². The third kappa shape index (κ3) is 6.40. The van der Waals surface area contributed by atoms with Crippen LogP contribution in [0.2, 0.25) is 0 Å². The summed E-state index contributed by atoms with van der Waals surface area (Å²) in [6.07, 6.45) is -4.76. The summed E-state index contributed by atoms with van der Waals surface area (Å²) in [7, 11) is 0. The lowest BCUT2D eigenvalue weighted by Gasteiger charge is -2.36. The van der Waals surface area contributed by atoms with E-state index in [-0.39, 0.29) is 36.3 Å². The predicted octanol–water partition coefficient (Wildman–Crippen LogP) is 4.76. The Morgan fingerprint density at radius 2 is 1.73 bits per heavy atom. The van der Waals surface area contributed by atoms with Crippen LogP contribution in [0.15, 0.2) is 40.9 Å². The van der Waals surface area contributed by atoms with Gasteiger partial charge in [-0.25, -0.2) is 0 Å². The lowest BCUT2D eigenvalue weighted by atomic mass is 9.94. The first-order valence-electron chi connectivity index (χ1n) is 8.51. The molecule has 1 atom stereocenters. The number of alkyl halides is 3. The van der Waals surface area contributed by atoms with E-state index in [1.54, 1.807) is 18.2 Å². The summed E-state index contributed by atoms with van der Waals surface area (Å²) in [5.74, 6) is -0.315. The molecule has 5 nitrogen and oxygen atoms in total. The topological polar surface area (TPSA) is 68.5 Å². The third-order valence-electron chi connectivity index (χ3n) is 4.46. The van der Waals surface area contributed by atoms with Crippen molar-refractivity contribution in [2.24, 2.45) is 0 Å². The average molecular weight is 529 g/mol. The van der Waals surface area contributed by atoms with E-state index in [1.165, 1.54) is 18.2 Å². The van der Waals surface area contributed by atoms with Gasteiger partial charge in [0, 0.05) is 31.7 Å². The van der Waals surface area contributed by atoms with Crippen LogP contribution in [0.5, 0.6) is 11.5 Å². The Hall–Kier alpha value is -1.70. The van der Waals surface area contributed by atoms with Crippen LogP contribution < -0.4 is 10.1 Å². The highest BCUT2D eigenvalue weighted by atomic mass is 79.9. The number of hydrogen-bond donors (Lipinski definition) is 2. The molecule has 3 rings (SSSR count). The van der Waals surface area contributed by atoms with Gasteiger partial charge in [-0.2, -0.15) is 5.26 Å². The standard InChI is InChI=1S/C19H17BrF3N3O2.2ClH/c20-16-10-12(11-24)9-15(18(16)27)17(26-7-5-25-6-8-26)13-1-3-14(4-2-13)28-19(21,22)23;;/h1-4,9-10,17,25,27H,5-8H2;2*1H/t17-;;/m1../s1. The number of benzene rings is 2. The van der Waals surface area contributed by atoms with Crippen LogP contribution in [0.1, 0.15) is 22.7 Å². The summed E-state index contributed by atoms with van der Waals surface area (Å²) in [6, 6.07) is 10.3. The molecule has 30 heavy (non-hydrogen) atoms. The van der Waals surface area contributed by atoms with Crippen LogP contribution in [0.4, 0.5) is 13.2 Å².